The Labute approximate surface area is 284 Å². The van der Waals surface area contributed by atoms with Crippen molar-refractivity contribution >= 4 is 40.8 Å². The summed E-state index contributed by atoms with van der Waals surface area (Å²) in [6, 6.07) is 12.2. The number of sulfonamides is 1. The third-order valence-electron chi connectivity index (χ3n) is 8.15. The molecule has 4 aromatic rings. The van der Waals surface area contributed by atoms with Crippen LogP contribution in [0.1, 0.15) is 94.0 Å². The highest BCUT2D eigenvalue weighted by molar-refractivity contribution is 7.92. The summed E-state index contributed by atoms with van der Waals surface area (Å²) in [6.45, 7) is 7.41. The number of aromatic nitrogens is 1. The number of phenols is 2. The van der Waals surface area contributed by atoms with Gasteiger partial charge < -0.3 is 29.1 Å². The molecule has 0 amide bonds. The van der Waals surface area contributed by atoms with E-state index in [0.717, 1.165) is 12.8 Å². The molecule has 1 heterocycles. The van der Waals surface area contributed by atoms with E-state index in [-0.39, 0.29) is 51.8 Å². The van der Waals surface area contributed by atoms with Gasteiger partial charge in [-0.2, -0.15) is 0 Å². The molecule has 0 saturated carbocycles. The molecule has 0 radical (unpaired) electrons. The van der Waals surface area contributed by atoms with Crippen LogP contribution < -0.4 is 10.0 Å². The van der Waals surface area contributed by atoms with Crippen LogP contribution >= 0.6 is 7.60 Å². The standard InChI is InChI=1S/C34H38N3O10PS/c1-5-7-16-45-48(42,46-17-8-6-2)34(35-23-12-14-24(15-13-23)49(43,44)37-33-20(3)21(4)36-47-33)22-18-26-30(28(39)19-22)32(41)29-25(31(26)40)10-9-11-27(29)38/h9-15,18-19,34-35,37-39H,5-8,16-17H2,1-4H3. The summed E-state index contributed by atoms with van der Waals surface area (Å²) in [7, 11) is -8.21. The lowest BCUT2D eigenvalue weighted by Crippen LogP contribution is -2.23. The van der Waals surface area contributed by atoms with Gasteiger partial charge in [-0.15, -0.1) is 0 Å². The second-order valence-electron chi connectivity index (χ2n) is 11.6. The van der Waals surface area contributed by atoms with Crippen LogP contribution in [-0.4, -0.2) is 48.6 Å². The van der Waals surface area contributed by atoms with Gasteiger partial charge in [0.05, 0.1) is 34.9 Å². The van der Waals surface area contributed by atoms with Crippen LogP contribution in [0.4, 0.5) is 11.6 Å². The van der Waals surface area contributed by atoms with E-state index in [1.54, 1.807) is 13.8 Å². The molecular formula is C34H38N3O10PS. The van der Waals surface area contributed by atoms with Crippen molar-refractivity contribution in [3.63, 3.8) is 0 Å². The molecule has 1 aliphatic rings. The fraction of sp³-hybridized carbons (Fsp3) is 0.324. The Bertz CT molecular complexity index is 2030. The van der Waals surface area contributed by atoms with E-state index in [1.807, 2.05) is 13.8 Å². The molecule has 1 aromatic heterocycles. The van der Waals surface area contributed by atoms with Gasteiger partial charge in [0, 0.05) is 22.4 Å². The zero-order valence-electron chi connectivity index (χ0n) is 27.5. The van der Waals surface area contributed by atoms with Crippen LogP contribution in [0.25, 0.3) is 0 Å². The molecule has 1 unspecified atom stereocenters. The Morgan fingerprint density at radius 1 is 0.878 bits per heavy atom. The molecule has 15 heteroatoms. The summed E-state index contributed by atoms with van der Waals surface area (Å²) >= 11 is 0. The van der Waals surface area contributed by atoms with Crippen LogP contribution in [0.3, 0.4) is 0 Å². The van der Waals surface area contributed by atoms with Crippen LogP contribution in [0.2, 0.25) is 0 Å². The zero-order valence-corrected chi connectivity index (χ0v) is 29.2. The Hall–Kier alpha value is -4.49. The first kappa shape index (κ1) is 35.8. The van der Waals surface area contributed by atoms with E-state index in [0.29, 0.717) is 29.8 Å². The number of carbonyl (C=O) groups excluding carboxylic acids is 2. The van der Waals surface area contributed by atoms with Gasteiger partial charge in [0.2, 0.25) is 11.7 Å². The van der Waals surface area contributed by atoms with Crippen LogP contribution in [0.5, 0.6) is 11.5 Å². The fourth-order valence-corrected chi connectivity index (χ4v) is 8.25. The molecule has 5 rings (SSSR count). The van der Waals surface area contributed by atoms with Gasteiger partial charge in [-0.25, -0.2) is 13.1 Å². The van der Waals surface area contributed by atoms with Gasteiger partial charge >= 0.3 is 7.60 Å². The first-order chi connectivity index (χ1) is 23.3. The molecule has 49 heavy (non-hydrogen) atoms. The number of fused-ring (bicyclic) bond motifs is 2. The summed E-state index contributed by atoms with van der Waals surface area (Å²) < 4.78 is 60.3. The van der Waals surface area contributed by atoms with Gasteiger partial charge in [-0.05, 0) is 74.7 Å². The second-order valence-corrected chi connectivity index (χ2v) is 15.4. The zero-order chi connectivity index (χ0) is 35.5. The van der Waals surface area contributed by atoms with Crippen molar-refractivity contribution in [2.75, 3.05) is 23.3 Å². The van der Waals surface area contributed by atoms with Gasteiger partial charge in [-0.3, -0.25) is 14.2 Å². The van der Waals surface area contributed by atoms with Gasteiger partial charge in [0.15, 0.2) is 11.6 Å². The van der Waals surface area contributed by atoms with Crippen LogP contribution in [0.15, 0.2) is 64.0 Å². The SMILES string of the molecule is CCCCOP(=O)(OCCCC)C(Nc1ccc(S(=O)(=O)Nc2onc(C)c2C)cc1)c1cc(O)c2c(c1)C(=O)c1cccc(O)c1C2=O. The number of ketones is 2. The maximum absolute atomic E-state index is 14.7. The molecule has 260 valence electrons. The molecule has 0 saturated heterocycles. The van der Waals surface area contributed by atoms with E-state index in [4.69, 9.17) is 13.6 Å². The monoisotopic (exact) mass is 711 g/mol. The van der Waals surface area contributed by atoms with Crippen molar-refractivity contribution in [1.82, 2.24) is 5.16 Å². The number of nitrogens with zero attached hydrogens (tertiary/aromatic N) is 1. The van der Waals surface area contributed by atoms with E-state index < -0.39 is 46.5 Å². The number of benzene rings is 3. The summed E-state index contributed by atoms with van der Waals surface area (Å²) in [5.41, 5.74) is 0.805. The van der Waals surface area contributed by atoms with Crippen molar-refractivity contribution in [1.29, 1.82) is 0 Å². The van der Waals surface area contributed by atoms with Crippen LogP contribution in [0, 0.1) is 13.8 Å². The third-order valence-corrected chi connectivity index (χ3v) is 11.6. The van der Waals surface area contributed by atoms with E-state index in [1.165, 1.54) is 54.6 Å². The number of aromatic hydroxyl groups is 2. The molecule has 1 aliphatic carbocycles. The van der Waals surface area contributed by atoms with E-state index >= 15 is 0 Å². The molecule has 0 bridgehead atoms. The number of aryl methyl sites for hydroxylation is 1. The van der Waals surface area contributed by atoms with E-state index in [9.17, 15) is 32.8 Å². The van der Waals surface area contributed by atoms with Crippen LogP contribution in [-0.2, 0) is 23.6 Å². The predicted molar refractivity (Wildman–Crippen MR) is 182 cm³/mol. The summed E-state index contributed by atoms with van der Waals surface area (Å²) in [5, 5.41) is 28.4. The molecule has 3 aromatic carbocycles. The predicted octanol–water partition coefficient (Wildman–Crippen LogP) is 7.22. The normalized spacial score (nSPS) is 13.6. The van der Waals surface area contributed by atoms with Gasteiger partial charge in [-0.1, -0.05) is 44.0 Å². The largest absolute Gasteiger partial charge is 0.507 e. The number of nitrogens with one attached hydrogen (secondary N) is 2. The highest BCUT2D eigenvalue weighted by atomic mass is 32.2. The van der Waals surface area contributed by atoms with Crippen molar-refractivity contribution in [2.24, 2.45) is 0 Å². The lowest BCUT2D eigenvalue weighted by atomic mass is 9.82. The molecule has 0 aliphatic heterocycles. The second kappa shape index (κ2) is 14.6. The summed E-state index contributed by atoms with van der Waals surface area (Å²) in [4.78, 5) is 27.0. The number of anilines is 2. The van der Waals surface area contributed by atoms with Crippen molar-refractivity contribution in [2.45, 2.75) is 64.1 Å². The Morgan fingerprint density at radius 3 is 2.10 bits per heavy atom. The average Bonchev–Trinajstić information content (AvgIpc) is 3.37. The summed E-state index contributed by atoms with van der Waals surface area (Å²) in [5.74, 6) is -3.64. The number of phenolic OH excluding ortho intramolecular Hbond substituents is 2. The van der Waals surface area contributed by atoms with Crippen molar-refractivity contribution < 1.29 is 46.4 Å². The number of carbonyl (C=O) groups is 2. The first-order valence-electron chi connectivity index (χ1n) is 15.8. The molecule has 1 atom stereocenters. The van der Waals surface area contributed by atoms with Crippen molar-refractivity contribution in [3.8, 4) is 11.5 Å². The fourth-order valence-electron chi connectivity index (χ4n) is 5.25. The smallest absolute Gasteiger partial charge is 0.357 e. The lowest BCUT2D eigenvalue weighted by Gasteiger charge is -2.30. The highest BCUT2D eigenvalue weighted by Crippen LogP contribution is 2.61. The summed E-state index contributed by atoms with van der Waals surface area (Å²) in [6.07, 6.45) is 2.62. The quantitative estimate of drug-likeness (QED) is 0.0630. The Kier molecular flexibility index (Phi) is 10.6. The first-order valence-corrected chi connectivity index (χ1v) is 18.9. The van der Waals surface area contributed by atoms with Gasteiger partial charge in [0.25, 0.3) is 10.0 Å². The third kappa shape index (κ3) is 7.28. The van der Waals surface area contributed by atoms with Crippen molar-refractivity contribution in [3.05, 3.63) is 93.7 Å². The Balaban J connectivity index is 1.56. The number of unbranched alkanes of at least 4 members (excludes halogenated alkanes) is 2. The molecule has 0 fully saturated rings. The number of hydrogen-bond acceptors (Lipinski definition) is 12. The minimum Gasteiger partial charge on any atom is -0.507 e. The molecule has 0 spiro atoms. The minimum atomic E-state index is -4.14. The lowest BCUT2D eigenvalue weighted by molar-refractivity contribution is 0.0974. The topological polar surface area (TPSA) is 194 Å². The molecule has 13 nitrogen and oxygen atoms in total. The Morgan fingerprint density at radius 2 is 1.51 bits per heavy atom. The highest BCUT2D eigenvalue weighted by Gasteiger charge is 2.41. The molecule has 4 N–H and O–H groups in total. The minimum absolute atomic E-state index is 0.00718. The maximum atomic E-state index is 14.7. The van der Waals surface area contributed by atoms with E-state index in [2.05, 4.69) is 15.2 Å². The number of hydrogen-bond donors (Lipinski definition) is 4. The maximum Gasteiger partial charge on any atom is 0.357 e. The average molecular weight is 712 g/mol. The number of rotatable bonds is 15. The van der Waals surface area contributed by atoms with Gasteiger partial charge in [0.1, 0.15) is 11.5 Å². The molecular weight excluding hydrogens is 673 g/mol.